The topological polar surface area (TPSA) is 57.7 Å². The molecule has 2 aliphatic carbocycles. The SMILES string of the molecule is O=C(NC1CCC(CCN2CCN(c3nccc4c3CCO4)CC2)CC1)C1CC1(F)F. The summed E-state index contributed by atoms with van der Waals surface area (Å²) in [7, 11) is 0. The van der Waals surface area contributed by atoms with Gasteiger partial charge in [-0.05, 0) is 50.6 Å². The molecule has 170 valence electrons. The number of hydrogen-bond acceptors (Lipinski definition) is 5. The molecule has 2 saturated carbocycles. The Labute approximate surface area is 182 Å². The van der Waals surface area contributed by atoms with E-state index in [1.54, 1.807) is 0 Å². The Morgan fingerprint density at radius 1 is 1.19 bits per heavy atom. The Bertz CT molecular complexity index is 805. The first-order valence-corrected chi connectivity index (χ1v) is 11.8. The smallest absolute Gasteiger partial charge is 0.260 e. The van der Waals surface area contributed by atoms with E-state index in [0.29, 0.717) is 5.92 Å². The first-order valence-electron chi connectivity index (χ1n) is 11.8. The number of nitrogens with one attached hydrogen (secondary N) is 1. The van der Waals surface area contributed by atoms with Crippen molar-refractivity contribution in [2.24, 2.45) is 11.8 Å². The Morgan fingerprint density at radius 2 is 1.94 bits per heavy atom. The summed E-state index contributed by atoms with van der Waals surface area (Å²) in [5.41, 5.74) is 1.25. The lowest BCUT2D eigenvalue weighted by molar-refractivity contribution is -0.125. The standard InChI is InChI=1S/C23H32F2N4O2/c24-23(25)15-19(23)22(30)27-17-3-1-16(2-4-17)6-9-28-10-12-29(13-11-28)21-18-7-14-31-20(18)5-8-26-21/h5,8,16-17,19H,1-4,6-7,9-15H2,(H,27,30). The molecule has 2 aliphatic heterocycles. The number of carbonyl (C=O) groups is 1. The third-order valence-electron chi connectivity index (χ3n) is 7.46. The van der Waals surface area contributed by atoms with Crippen molar-refractivity contribution in [3.05, 3.63) is 17.8 Å². The number of rotatable bonds is 6. The summed E-state index contributed by atoms with van der Waals surface area (Å²) in [6, 6.07) is 2.04. The summed E-state index contributed by atoms with van der Waals surface area (Å²) in [5.74, 6) is -1.54. The molecule has 1 atom stereocenters. The van der Waals surface area contributed by atoms with Gasteiger partial charge in [0.05, 0.1) is 6.61 Å². The molecule has 0 radical (unpaired) electrons. The molecule has 0 bridgehead atoms. The minimum Gasteiger partial charge on any atom is -0.493 e. The molecule has 1 saturated heterocycles. The van der Waals surface area contributed by atoms with Crippen molar-refractivity contribution in [1.29, 1.82) is 0 Å². The van der Waals surface area contributed by atoms with Gasteiger partial charge in [0.15, 0.2) is 0 Å². The molecule has 3 fully saturated rings. The van der Waals surface area contributed by atoms with E-state index in [1.165, 1.54) is 12.0 Å². The van der Waals surface area contributed by atoms with Crippen molar-refractivity contribution in [2.45, 2.75) is 56.9 Å². The molecule has 1 amide bonds. The Hall–Kier alpha value is -1.96. The number of piperazine rings is 1. The quantitative estimate of drug-likeness (QED) is 0.746. The number of nitrogens with zero attached hydrogens (tertiary/aromatic N) is 3. The van der Waals surface area contributed by atoms with Gasteiger partial charge >= 0.3 is 0 Å². The van der Waals surface area contributed by atoms with Crippen molar-refractivity contribution in [1.82, 2.24) is 15.2 Å². The molecule has 3 heterocycles. The molecule has 1 N–H and O–H groups in total. The normalized spacial score (nSPS) is 29.9. The van der Waals surface area contributed by atoms with E-state index in [2.05, 4.69) is 20.1 Å². The van der Waals surface area contributed by atoms with E-state index < -0.39 is 17.7 Å². The number of amides is 1. The van der Waals surface area contributed by atoms with Crippen LogP contribution in [0.2, 0.25) is 0 Å². The molecule has 4 aliphatic rings. The molecule has 0 aromatic carbocycles. The molecule has 1 unspecified atom stereocenters. The number of halogens is 2. The second-order valence-corrected chi connectivity index (χ2v) is 9.57. The number of pyridine rings is 1. The fourth-order valence-electron chi connectivity index (χ4n) is 5.31. The van der Waals surface area contributed by atoms with Gasteiger partial charge in [-0.1, -0.05) is 0 Å². The Kier molecular flexibility index (Phi) is 5.75. The van der Waals surface area contributed by atoms with Crippen LogP contribution in [0.4, 0.5) is 14.6 Å². The number of carbonyl (C=O) groups excluding carboxylic acids is 1. The Balaban J connectivity index is 1.01. The first-order chi connectivity index (χ1) is 15.0. The van der Waals surface area contributed by atoms with Gasteiger partial charge in [0, 0.05) is 56.8 Å². The highest BCUT2D eigenvalue weighted by atomic mass is 19.3. The van der Waals surface area contributed by atoms with E-state index in [4.69, 9.17) is 4.74 Å². The van der Waals surface area contributed by atoms with Gasteiger partial charge in [0.2, 0.25) is 5.91 Å². The van der Waals surface area contributed by atoms with Gasteiger partial charge in [-0.15, -0.1) is 0 Å². The molecule has 5 rings (SSSR count). The lowest BCUT2D eigenvalue weighted by Gasteiger charge is -2.37. The van der Waals surface area contributed by atoms with Crippen LogP contribution in [0.1, 0.15) is 44.1 Å². The molecule has 6 nitrogen and oxygen atoms in total. The van der Waals surface area contributed by atoms with Crippen LogP contribution in [0.3, 0.4) is 0 Å². The highest BCUT2D eigenvalue weighted by Gasteiger charge is 2.61. The zero-order valence-corrected chi connectivity index (χ0v) is 18.0. The zero-order chi connectivity index (χ0) is 21.4. The van der Waals surface area contributed by atoms with E-state index in [1.807, 2.05) is 12.3 Å². The van der Waals surface area contributed by atoms with Crippen LogP contribution in [0.15, 0.2) is 12.3 Å². The average molecular weight is 435 g/mol. The van der Waals surface area contributed by atoms with Crippen LogP contribution in [0.5, 0.6) is 5.75 Å². The van der Waals surface area contributed by atoms with Crippen molar-refractivity contribution in [3.8, 4) is 5.75 Å². The van der Waals surface area contributed by atoms with Gasteiger partial charge in [-0.2, -0.15) is 0 Å². The van der Waals surface area contributed by atoms with Crippen molar-refractivity contribution < 1.29 is 18.3 Å². The number of ether oxygens (including phenoxy) is 1. The summed E-state index contributed by atoms with van der Waals surface area (Å²) in [4.78, 5) is 21.4. The third kappa shape index (κ3) is 4.64. The molecular weight excluding hydrogens is 402 g/mol. The summed E-state index contributed by atoms with van der Waals surface area (Å²) in [5, 5.41) is 2.85. The fraction of sp³-hybridized carbons (Fsp3) is 0.739. The fourth-order valence-corrected chi connectivity index (χ4v) is 5.31. The Morgan fingerprint density at radius 3 is 2.65 bits per heavy atom. The van der Waals surface area contributed by atoms with Gasteiger partial charge in [0.1, 0.15) is 17.5 Å². The van der Waals surface area contributed by atoms with Gasteiger partial charge in [-0.25, -0.2) is 13.8 Å². The highest BCUT2D eigenvalue weighted by molar-refractivity contribution is 5.83. The number of hydrogen-bond donors (Lipinski definition) is 1. The summed E-state index contributed by atoms with van der Waals surface area (Å²) < 4.78 is 31.8. The maximum Gasteiger partial charge on any atom is 0.260 e. The second kappa shape index (κ2) is 8.52. The number of fused-ring (bicyclic) bond motifs is 1. The largest absolute Gasteiger partial charge is 0.493 e. The predicted molar refractivity (Wildman–Crippen MR) is 114 cm³/mol. The van der Waals surface area contributed by atoms with E-state index in [0.717, 1.165) is 83.0 Å². The van der Waals surface area contributed by atoms with Gasteiger partial charge in [0.25, 0.3) is 5.92 Å². The van der Waals surface area contributed by atoms with Crippen LogP contribution >= 0.6 is 0 Å². The lowest BCUT2D eigenvalue weighted by atomic mass is 9.84. The van der Waals surface area contributed by atoms with Crippen LogP contribution in [-0.2, 0) is 11.2 Å². The maximum absolute atomic E-state index is 13.0. The first kappa shape index (κ1) is 20.9. The summed E-state index contributed by atoms with van der Waals surface area (Å²) in [6.45, 7) is 5.95. The van der Waals surface area contributed by atoms with E-state index >= 15 is 0 Å². The maximum atomic E-state index is 13.0. The molecular formula is C23H32F2N4O2. The molecule has 1 aromatic rings. The summed E-state index contributed by atoms with van der Waals surface area (Å²) in [6.07, 6.45) is 7.67. The minimum absolute atomic E-state index is 0.0766. The lowest BCUT2D eigenvalue weighted by Crippen LogP contribution is -2.47. The molecule has 31 heavy (non-hydrogen) atoms. The van der Waals surface area contributed by atoms with Crippen molar-refractivity contribution >= 4 is 11.7 Å². The van der Waals surface area contributed by atoms with Crippen LogP contribution in [0, 0.1) is 11.8 Å². The number of alkyl halides is 2. The van der Waals surface area contributed by atoms with Crippen LogP contribution < -0.4 is 15.0 Å². The average Bonchev–Trinajstić information content (AvgIpc) is 3.18. The molecule has 8 heteroatoms. The monoisotopic (exact) mass is 434 g/mol. The highest BCUT2D eigenvalue weighted by Crippen LogP contribution is 2.48. The van der Waals surface area contributed by atoms with E-state index in [-0.39, 0.29) is 12.5 Å². The van der Waals surface area contributed by atoms with Gasteiger partial charge < -0.3 is 15.0 Å². The van der Waals surface area contributed by atoms with Crippen LogP contribution in [-0.4, -0.2) is 67.1 Å². The van der Waals surface area contributed by atoms with Crippen molar-refractivity contribution in [2.75, 3.05) is 44.2 Å². The molecule has 0 spiro atoms. The summed E-state index contributed by atoms with van der Waals surface area (Å²) >= 11 is 0. The third-order valence-corrected chi connectivity index (χ3v) is 7.46. The second-order valence-electron chi connectivity index (χ2n) is 9.57. The van der Waals surface area contributed by atoms with Crippen molar-refractivity contribution in [3.63, 3.8) is 0 Å². The van der Waals surface area contributed by atoms with E-state index in [9.17, 15) is 13.6 Å². The zero-order valence-electron chi connectivity index (χ0n) is 18.0. The van der Waals surface area contributed by atoms with Crippen LogP contribution in [0.25, 0.3) is 0 Å². The number of aromatic nitrogens is 1. The predicted octanol–water partition coefficient (Wildman–Crippen LogP) is 2.86. The minimum atomic E-state index is -2.77. The number of anilines is 1. The van der Waals surface area contributed by atoms with Gasteiger partial charge in [-0.3, -0.25) is 9.69 Å². The molecule has 1 aromatic heterocycles.